The molecule has 5 aromatic carbocycles. The minimum atomic E-state index is -1.42. The Morgan fingerprint density at radius 2 is 1.24 bits per heavy atom. The van der Waals surface area contributed by atoms with Gasteiger partial charge in [-0.05, 0) is 70.5 Å². The molecule has 0 saturated heterocycles. The van der Waals surface area contributed by atoms with Crippen molar-refractivity contribution < 1.29 is 8.39 Å². The Bertz CT molecular complexity index is 1800. The Morgan fingerprint density at radius 3 is 1.83 bits per heavy atom. The fourth-order valence-corrected chi connectivity index (χ4v) is 8.88. The predicted molar refractivity (Wildman–Crippen MR) is 180 cm³/mol. The van der Waals surface area contributed by atoms with Crippen LogP contribution in [0.15, 0.2) is 105 Å². The van der Waals surface area contributed by atoms with Gasteiger partial charge in [-0.15, -0.1) is 0 Å². The van der Waals surface area contributed by atoms with E-state index in [9.17, 15) is 0 Å². The highest BCUT2D eigenvalue weighted by atomic mass is 31.1. The van der Waals surface area contributed by atoms with E-state index in [1.54, 1.807) is 0 Å². The average molecular weight is 574 g/mol. The van der Waals surface area contributed by atoms with Crippen molar-refractivity contribution in [3.63, 3.8) is 0 Å². The zero-order chi connectivity index (χ0) is 28.5. The van der Waals surface area contributed by atoms with Crippen LogP contribution in [0.2, 0.25) is 0 Å². The molecule has 0 bridgehead atoms. The molecule has 42 heavy (non-hydrogen) atoms. The van der Waals surface area contributed by atoms with Crippen molar-refractivity contribution in [3.8, 4) is 0 Å². The second-order valence-corrected chi connectivity index (χ2v) is 13.1. The van der Waals surface area contributed by atoms with Gasteiger partial charge in [0, 0.05) is 22.9 Å². The fourth-order valence-electron chi connectivity index (χ4n) is 7.05. The van der Waals surface area contributed by atoms with Crippen LogP contribution in [-0.2, 0) is 6.42 Å². The molecule has 1 aliphatic carbocycles. The third-order valence-electron chi connectivity index (χ3n) is 9.15. The van der Waals surface area contributed by atoms with Crippen molar-refractivity contribution in [2.75, 3.05) is 4.67 Å². The third-order valence-corrected chi connectivity index (χ3v) is 10.8. The van der Waals surface area contributed by atoms with Crippen LogP contribution in [0.5, 0.6) is 0 Å². The molecule has 0 spiro atoms. The summed E-state index contributed by atoms with van der Waals surface area (Å²) in [4.78, 5) is 0. The maximum atomic E-state index is 7.20. The number of unbranched alkanes of at least 4 members (excludes halogenated alkanes) is 2. The zero-order valence-corrected chi connectivity index (χ0v) is 25.7. The molecule has 7 rings (SSSR count). The van der Waals surface area contributed by atoms with E-state index in [-0.39, 0.29) is 6.04 Å². The summed E-state index contributed by atoms with van der Waals surface area (Å²) in [5, 5.41) is 7.15. The van der Waals surface area contributed by atoms with Crippen molar-refractivity contribution in [1.29, 1.82) is 0 Å². The van der Waals surface area contributed by atoms with Gasteiger partial charge in [0.15, 0.2) is 0 Å². The summed E-state index contributed by atoms with van der Waals surface area (Å²) in [7, 11) is -1.42. The lowest BCUT2D eigenvalue weighted by Gasteiger charge is -2.34. The van der Waals surface area contributed by atoms with Gasteiger partial charge in [0.25, 0.3) is 0 Å². The minimum absolute atomic E-state index is 0.289. The van der Waals surface area contributed by atoms with Gasteiger partial charge in [0.2, 0.25) is 0 Å². The van der Waals surface area contributed by atoms with Crippen molar-refractivity contribution in [1.82, 2.24) is 0 Å². The van der Waals surface area contributed by atoms with Crippen molar-refractivity contribution in [2.45, 2.75) is 77.3 Å². The van der Waals surface area contributed by atoms with E-state index in [0.717, 1.165) is 47.6 Å². The molecule has 0 amide bonds. The molecule has 0 N–H and O–H groups in total. The molecular formula is C38H40NO2P. The van der Waals surface area contributed by atoms with Crippen LogP contribution in [-0.4, -0.2) is 6.04 Å². The molecule has 214 valence electrons. The van der Waals surface area contributed by atoms with E-state index in [2.05, 4.69) is 116 Å². The molecule has 0 aliphatic heterocycles. The van der Waals surface area contributed by atoms with E-state index in [1.807, 2.05) is 0 Å². The summed E-state index contributed by atoms with van der Waals surface area (Å²) >= 11 is 0. The number of hydrogen-bond donors (Lipinski definition) is 0. The van der Waals surface area contributed by atoms with Crippen molar-refractivity contribution in [2.24, 2.45) is 0 Å². The van der Waals surface area contributed by atoms with E-state index in [4.69, 9.17) is 8.39 Å². The van der Waals surface area contributed by atoms with Gasteiger partial charge in [-0.1, -0.05) is 124 Å². The van der Waals surface area contributed by atoms with Gasteiger partial charge in [-0.3, -0.25) is 0 Å². The Labute approximate surface area is 249 Å². The molecule has 1 aliphatic rings. The van der Waals surface area contributed by atoms with Crippen LogP contribution in [0.4, 0.5) is 0 Å². The Hall–Kier alpha value is -3.52. The van der Waals surface area contributed by atoms with Gasteiger partial charge in [0.1, 0.15) is 11.2 Å². The lowest BCUT2D eigenvalue weighted by atomic mass is 9.99. The van der Waals surface area contributed by atoms with E-state index >= 15 is 0 Å². The first-order chi connectivity index (χ1) is 20.8. The molecule has 1 unspecified atom stereocenters. The van der Waals surface area contributed by atoms with Crippen LogP contribution in [0.1, 0.15) is 76.0 Å². The monoisotopic (exact) mass is 573 g/mol. The molecule has 6 aromatic rings. The van der Waals surface area contributed by atoms with Crippen LogP contribution >= 0.6 is 8.16 Å². The summed E-state index contributed by atoms with van der Waals surface area (Å²) in [5.74, 6) is 0. The molecule has 1 atom stereocenters. The molecular weight excluding hydrogens is 533 g/mol. The first-order valence-electron chi connectivity index (χ1n) is 15.8. The standard InChI is InChI=1S/C38H40NO2P/c1-3-5-16-30(17-6-4-2)39(34-24-21-27-13-7-10-18-31(27)34)42-40-35-25-22-28-14-8-11-19-32(28)37(35)38-33-20-12-9-15-29(33)23-26-36(38)41-42/h7-15,18-20,22-23,25-26,30,34H,3-6,16-17,21,24H2,1-2H3. The topological polar surface area (TPSA) is 29.5 Å². The summed E-state index contributed by atoms with van der Waals surface area (Å²) in [5.41, 5.74) is 4.78. The van der Waals surface area contributed by atoms with Crippen molar-refractivity contribution in [3.05, 3.63) is 108 Å². The van der Waals surface area contributed by atoms with Crippen molar-refractivity contribution >= 4 is 51.6 Å². The second kappa shape index (κ2) is 12.0. The number of fused-ring (bicyclic) bond motifs is 8. The summed E-state index contributed by atoms with van der Waals surface area (Å²) in [6.45, 7) is 4.61. The van der Waals surface area contributed by atoms with E-state index < -0.39 is 8.16 Å². The molecule has 0 fully saturated rings. The SMILES string of the molecule is CCCCC(CCCC)N(C1CCc2ccccc21)p1oc2ccc3ccccc3c2c2c(ccc3ccccc32)o1. The number of nitrogens with zero attached hydrogens (tertiary/aromatic N) is 1. The van der Waals surface area contributed by atoms with Gasteiger partial charge < -0.3 is 8.39 Å². The third kappa shape index (κ3) is 4.93. The number of benzene rings is 5. The summed E-state index contributed by atoms with van der Waals surface area (Å²) in [6, 6.07) is 35.9. The van der Waals surface area contributed by atoms with Crippen LogP contribution in [0.3, 0.4) is 0 Å². The molecule has 1 aromatic heterocycles. The van der Waals surface area contributed by atoms with Crippen LogP contribution in [0, 0.1) is 0 Å². The normalized spacial score (nSPS) is 15.0. The maximum Gasteiger partial charge on any atom is 0.310 e. The predicted octanol–water partition coefficient (Wildman–Crippen LogP) is 12.0. The fraction of sp³-hybridized carbons (Fsp3) is 0.316. The quantitative estimate of drug-likeness (QED) is 0.172. The zero-order valence-electron chi connectivity index (χ0n) is 24.8. The van der Waals surface area contributed by atoms with Gasteiger partial charge in [-0.25, -0.2) is 0 Å². The molecule has 0 radical (unpaired) electrons. The molecule has 0 saturated carbocycles. The number of aryl methyl sites for hydroxylation is 1. The Balaban J connectivity index is 1.56. The summed E-state index contributed by atoms with van der Waals surface area (Å²) < 4.78 is 17.1. The first kappa shape index (κ1) is 27.3. The minimum Gasteiger partial charge on any atom is -0.408 e. The average Bonchev–Trinajstić information content (AvgIpc) is 3.37. The highest BCUT2D eigenvalue weighted by Crippen LogP contribution is 2.49. The highest BCUT2D eigenvalue weighted by Gasteiger charge is 2.36. The lowest BCUT2D eigenvalue weighted by Crippen LogP contribution is -2.35. The Morgan fingerprint density at radius 1 is 0.690 bits per heavy atom. The van der Waals surface area contributed by atoms with E-state index in [0.29, 0.717) is 6.04 Å². The molecule has 1 heterocycles. The smallest absolute Gasteiger partial charge is 0.310 e. The number of hydrogen-bond acceptors (Lipinski definition) is 3. The molecule has 4 heteroatoms. The largest absolute Gasteiger partial charge is 0.408 e. The highest BCUT2D eigenvalue weighted by molar-refractivity contribution is 7.39. The van der Waals surface area contributed by atoms with Gasteiger partial charge in [-0.2, -0.15) is 4.67 Å². The van der Waals surface area contributed by atoms with Crippen LogP contribution < -0.4 is 4.67 Å². The lowest BCUT2D eigenvalue weighted by molar-refractivity contribution is 0.443. The van der Waals surface area contributed by atoms with Gasteiger partial charge >= 0.3 is 8.16 Å². The Kier molecular flexibility index (Phi) is 7.80. The summed E-state index contributed by atoms with van der Waals surface area (Å²) in [6.07, 6.45) is 9.36. The van der Waals surface area contributed by atoms with E-state index in [1.165, 1.54) is 58.4 Å². The maximum absolute atomic E-state index is 7.20. The number of rotatable bonds is 9. The molecule has 3 nitrogen and oxygen atoms in total. The van der Waals surface area contributed by atoms with Gasteiger partial charge in [0.05, 0.1) is 0 Å². The van der Waals surface area contributed by atoms with Crippen LogP contribution in [0.25, 0.3) is 43.5 Å². The second-order valence-electron chi connectivity index (χ2n) is 11.8. The first-order valence-corrected chi connectivity index (χ1v) is 17.0.